The molecule has 5 aliphatic heterocycles. The average molecular weight is 1060 g/mol. The summed E-state index contributed by atoms with van der Waals surface area (Å²) in [5.74, 6) is 7.30. The predicted octanol–water partition coefficient (Wildman–Crippen LogP) is 14.3. The predicted molar refractivity (Wildman–Crippen MR) is 297 cm³/mol. The number of hydrogen-bond acceptors (Lipinski definition) is 10. The highest BCUT2D eigenvalue weighted by Crippen LogP contribution is 2.36. The molecule has 0 aliphatic carbocycles. The summed E-state index contributed by atoms with van der Waals surface area (Å²) in [4.78, 5) is 19.0. The van der Waals surface area contributed by atoms with Gasteiger partial charge in [-0.2, -0.15) is 4.98 Å². The molecule has 7 heterocycles. The number of halogens is 5. The number of hydrogen-bond donors (Lipinski definition) is 0. The van der Waals surface area contributed by atoms with Gasteiger partial charge in [-0.25, -0.2) is 26.9 Å². The molecule has 434 valence electrons. The quantitative estimate of drug-likeness (QED) is 0.192. The Labute approximate surface area is 449 Å². The van der Waals surface area contributed by atoms with Crippen molar-refractivity contribution in [2.75, 3.05) is 85.2 Å². The Morgan fingerprint density at radius 3 is 1.49 bits per heavy atom. The van der Waals surface area contributed by atoms with Gasteiger partial charge in [-0.3, -0.25) is 19.6 Å². The van der Waals surface area contributed by atoms with Crippen LogP contribution in [0.2, 0.25) is 0 Å². The summed E-state index contributed by atoms with van der Waals surface area (Å²) in [6.07, 6.45) is 10.1. The van der Waals surface area contributed by atoms with Gasteiger partial charge in [0.1, 0.15) is 24.8 Å². The molecule has 0 N–H and O–H groups in total. The Hall–Kier alpha value is -2.20. The SMILES string of the molecule is CC.CC(C)(C)C1CCN(CC(F)F)CC1.CC(C)C1CCN(C(C)(C)CF)CC1.CC(F)CN1CCC(C(C)C)CC1.C[C@H]1CCN(Cc2cnco2)C[C@H]1F.Cc1noc(CN2CCC(C(C)(C)C)CC2)n1. The van der Waals surface area contributed by atoms with E-state index < -0.39 is 18.8 Å². The Morgan fingerprint density at radius 2 is 1.09 bits per heavy atom. The second-order valence-corrected chi connectivity index (χ2v) is 25.6. The van der Waals surface area contributed by atoms with Crippen LogP contribution in [0.5, 0.6) is 0 Å². The van der Waals surface area contributed by atoms with Crippen molar-refractivity contribution in [3.05, 3.63) is 30.1 Å². The van der Waals surface area contributed by atoms with Crippen molar-refractivity contribution in [2.45, 2.75) is 213 Å². The normalized spacial score (nSPS) is 22.6. The van der Waals surface area contributed by atoms with Gasteiger partial charge in [-0.05, 0) is 197 Å². The molecule has 0 spiro atoms. The van der Waals surface area contributed by atoms with Crippen molar-refractivity contribution in [1.82, 2.24) is 39.6 Å². The minimum atomic E-state index is -2.18. The van der Waals surface area contributed by atoms with E-state index in [-0.39, 0.29) is 24.7 Å². The third kappa shape index (κ3) is 26.4. The zero-order chi connectivity index (χ0) is 55.8. The monoisotopic (exact) mass is 1060 g/mol. The van der Waals surface area contributed by atoms with Crippen LogP contribution in [0.4, 0.5) is 22.0 Å². The molecule has 0 bridgehead atoms. The fourth-order valence-corrected chi connectivity index (χ4v) is 10.9. The first kappa shape index (κ1) is 67.9. The molecule has 5 aliphatic rings. The molecule has 0 amide bonds. The minimum absolute atomic E-state index is 0.0448. The van der Waals surface area contributed by atoms with Crippen molar-refractivity contribution in [3.8, 4) is 0 Å². The fraction of sp³-hybridized carbons (Fsp3) is 0.915. The molecule has 2 aromatic rings. The molecule has 0 saturated carbocycles. The van der Waals surface area contributed by atoms with E-state index in [0.29, 0.717) is 36.4 Å². The summed E-state index contributed by atoms with van der Waals surface area (Å²) in [7, 11) is 0. The van der Waals surface area contributed by atoms with E-state index >= 15 is 0 Å². The Bertz CT molecular complexity index is 1670. The lowest BCUT2D eigenvalue weighted by Gasteiger charge is -2.42. The summed E-state index contributed by atoms with van der Waals surface area (Å²) in [5, 5.41) is 3.82. The van der Waals surface area contributed by atoms with Crippen LogP contribution in [-0.4, -0.2) is 149 Å². The number of aryl methyl sites for hydroxylation is 1. The highest BCUT2D eigenvalue weighted by atomic mass is 19.3. The number of likely N-dealkylation sites (tertiary alicyclic amines) is 5. The summed E-state index contributed by atoms with van der Waals surface area (Å²) in [6, 6.07) is 0. The third-order valence-electron chi connectivity index (χ3n) is 16.5. The molecular weight excluding hydrogens is 948 g/mol. The van der Waals surface area contributed by atoms with Crippen LogP contribution >= 0.6 is 0 Å². The average Bonchev–Trinajstić information content (AvgIpc) is 4.02. The minimum Gasteiger partial charge on any atom is -0.447 e. The molecular formula is C59H111F5N8O2. The number of nitrogens with zero attached hydrogens (tertiary/aromatic N) is 8. The summed E-state index contributed by atoms with van der Waals surface area (Å²) in [6.45, 7) is 48.0. The number of rotatable bonds is 12. The first-order chi connectivity index (χ1) is 34.7. The molecule has 2 aromatic heterocycles. The largest absolute Gasteiger partial charge is 0.447 e. The van der Waals surface area contributed by atoms with E-state index in [0.717, 1.165) is 132 Å². The standard InChI is InChI=1S/C13H23N3O.C12H24FN.C11H21F2N.C11H22FN.C10H15FN2O.C2H6/c1-10-14-12(17-15-10)9-16-7-5-11(6-8-16)13(2,3)4;1-10(2)11-5-7-14(8-6-11)12(3,4)9-13;1-11(2,3)9-4-6-14(7-5-9)8-10(12)13;1-9(2)11-4-6-13(7-5-11)8-10(3)12;1-8-2-3-13(6-10(8)11)5-9-4-12-7-14-9;1-2/h11H,5-9H2,1-4H3;10-11H,5-9H2,1-4H3;9-10H,4-8H2,1-3H3;9-11H,4-8H2,1-3H3;4,7-8,10H,2-3,5-6H2,1H3;1-2H3/t;;;;8-,10+;/m....0./s1. The van der Waals surface area contributed by atoms with Crippen LogP contribution in [0, 0.1) is 59.2 Å². The second-order valence-electron chi connectivity index (χ2n) is 25.6. The fourth-order valence-electron chi connectivity index (χ4n) is 10.9. The van der Waals surface area contributed by atoms with E-state index in [9.17, 15) is 22.0 Å². The lowest BCUT2D eigenvalue weighted by atomic mass is 9.75. The van der Waals surface area contributed by atoms with Crippen molar-refractivity contribution in [1.29, 1.82) is 0 Å². The number of alkyl halides is 5. The number of aromatic nitrogens is 3. The van der Waals surface area contributed by atoms with Gasteiger partial charge in [0.05, 0.1) is 25.8 Å². The molecule has 74 heavy (non-hydrogen) atoms. The van der Waals surface area contributed by atoms with Crippen molar-refractivity contribution >= 4 is 0 Å². The van der Waals surface area contributed by atoms with Crippen molar-refractivity contribution < 1.29 is 30.9 Å². The maximum absolute atomic E-state index is 13.4. The van der Waals surface area contributed by atoms with Gasteiger partial charge in [-0.1, -0.05) is 95.2 Å². The Kier molecular flexibility index (Phi) is 31.2. The topological polar surface area (TPSA) is 81.2 Å². The first-order valence-electron chi connectivity index (χ1n) is 29.1. The summed E-state index contributed by atoms with van der Waals surface area (Å²) in [5.41, 5.74) is 0.520. The van der Waals surface area contributed by atoms with Crippen LogP contribution in [-0.2, 0) is 13.1 Å². The van der Waals surface area contributed by atoms with E-state index in [4.69, 9.17) is 8.94 Å². The Balaban J connectivity index is 0.000000315. The smallest absolute Gasteiger partial charge is 0.251 e. The molecule has 0 radical (unpaired) electrons. The summed E-state index contributed by atoms with van der Waals surface area (Å²) < 4.78 is 73.3. The van der Waals surface area contributed by atoms with Gasteiger partial charge in [-0.15, -0.1) is 0 Å². The lowest BCUT2D eigenvalue weighted by molar-refractivity contribution is 0.0470. The van der Waals surface area contributed by atoms with Gasteiger partial charge in [0.25, 0.3) is 6.43 Å². The maximum atomic E-state index is 13.4. The molecule has 1 unspecified atom stereocenters. The second kappa shape index (κ2) is 33.9. The van der Waals surface area contributed by atoms with Gasteiger partial charge in [0.15, 0.2) is 12.2 Å². The van der Waals surface area contributed by atoms with Gasteiger partial charge in [0.2, 0.25) is 5.89 Å². The molecule has 5 fully saturated rings. The van der Waals surface area contributed by atoms with E-state index in [1.165, 1.54) is 44.9 Å². The lowest BCUT2D eigenvalue weighted by Crippen LogP contribution is -2.50. The molecule has 15 heteroatoms. The van der Waals surface area contributed by atoms with Crippen molar-refractivity contribution in [3.63, 3.8) is 0 Å². The maximum Gasteiger partial charge on any atom is 0.251 e. The van der Waals surface area contributed by atoms with Crippen LogP contribution in [0.3, 0.4) is 0 Å². The van der Waals surface area contributed by atoms with Crippen molar-refractivity contribution in [2.24, 2.45) is 52.3 Å². The van der Waals surface area contributed by atoms with Crippen LogP contribution in [0.25, 0.3) is 0 Å². The first-order valence-corrected chi connectivity index (χ1v) is 29.1. The van der Waals surface area contributed by atoms with E-state index in [2.05, 4.69) is 104 Å². The molecule has 7 rings (SSSR count). The van der Waals surface area contributed by atoms with E-state index in [1.54, 1.807) is 13.1 Å². The highest BCUT2D eigenvalue weighted by Gasteiger charge is 2.33. The molecule has 3 atom stereocenters. The van der Waals surface area contributed by atoms with Gasteiger partial charge in [0, 0.05) is 18.6 Å². The van der Waals surface area contributed by atoms with Crippen LogP contribution in [0.1, 0.15) is 186 Å². The summed E-state index contributed by atoms with van der Waals surface area (Å²) >= 11 is 0. The molecule has 10 nitrogen and oxygen atoms in total. The molecule has 0 aromatic carbocycles. The zero-order valence-corrected chi connectivity index (χ0v) is 50.2. The molecule has 5 saturated heterocycles. The van der Waals surface area contributed by atoms with Gasteiger partial charge >= 0.3 is 0 Å². The number of piperidine rings is 5. The number of oxazole rings is 1. The van der Waals surface area contributed by atoms with Crippen LogP contribution in [0.15, 0.2) is 21.5 Å². The Morgan fingerprint density at radius 1 is 0.635 bits per heavy atom. The third-order valence-corrected chi connectivity index (χ3v) is 16.5. The van der Waals surface area contributed by atoms with Gasteiger partial charge < -0.3 is 13.8 Å². The van der Waals surface area contributed by atoms with E-state index in [1.807, 2.05) is 46.4 Å². The zero-order valence-electron chi connectivity index (χ0n) is 50.2. The van der Waals surface area contributed by atoms with Crippen LogP contribution < -0.4 is 0 Å². The highest BCUT2D eigenvalue weighted by molar-refractivity contribution is 4.91.